The molecule has 0 saturated carbocycles. The van der Waals surface area contributed by atoms with Crippen LogP contribution in [0.3, 0.4) is 0 Å². The van der Waals surface area contributed by atoms with Crippen LogP contribution in [-0.2, 0) is 6.42 Å². The van der Waals surface area contributed by atoms with Gasteiger partial charge in [-0.2, -0.15) is 0 Å². The van der Waals surface area contributed by atoms with E-state index in [1.165, 1.54) is 0 Å². The maximum absolute atomic E-state index is 11.8. The first-order valence-electron chi connectivity index (χ1n) is 5.24. The summed E-state index contributed by atoms with van der Waals surface area (Å²) in [6, 6.07) is 1.87. The number of methoxy groups -OCH3 is 1. The Labute approximate surface area is 103 Å². The van der Waals surface area contributed by atoms with Gasteiger partial charge in [0.15, 0.2) is 17.3 Å². The van der Waals surface area contributed by atoms with Gasteiger partial charge in [0.1, 0.15) is 0 Å². The van der Waals surface area contributed by atoms with E-state index in [0.717, 1.165) is 16.5 Å². The van der Waals surface area contributed by atoms with Gasteiger partial charge in [0.25, 0.3) is 0 Å². The monoisotopic (exact) mass is 284 g/mol. The Kier molecular flexibility index (Phi) is 3.19. The number of hydrogen-bond donors (Lipinski definition) is 0. The molecule has 4 heteroatoms. The van der Waals surface area contributed by atoms with Crippen molar-refractivity contribution in [1.82, 2.24) is 0 Å². The zero-order chi connectivity index (χ0) is 11.7. The minimum absolute atomic E-state index is 0.133. The maximum atomic E-state index is 11.8. The zero-order valence-corrected chi connectivity index (χ0v) is 10.9. The van der Waals surface area contributed by atoms with Crippen LogP contribution >= 0.6 is 15.9 Å². The van der Waals surface area contributed by atoms with Crippen molar-refractivity contribution in [3.05, 3.63) is 21.7 Å². The zero-order valence-electron chi connectivity index (χ0n) is 9.30. The summed E-state index contributed by atoms with van der Waals surface area (Å²) in [6.07, 6.45) is 1.33. The molecular formula is C12H13BrO3. The second kappa shape index (κ2) is 4.45. The summed E-state index contributed by atoms with van der Waals surface area (Å²) in [7, 11) is 1.57. The SMILES string of the molecule is CCOc1cc(Br)c2c(c1OC)C(=O)CC2. The predicted octanol–water partition coefficient (Wildman–Crippen LogP) is 2.99. The summed E-state index contributed by atoms with van der Waals surface area (Å²) in [5.74, 6) is 1.34. The van der Waals surface area contributed by atoms with Crippen LogP contribution < -0.4 is 9.47 Å². The van der Waals surface area contributed by atoms with Crippen LogP contribution in [0.15, 0.2) is 10.5 Å². The molecule has 0 aromatic heterocycles. The fraction of sp³-hybridized carbons (Fsp3) is 0.417. The molecule has 1 aromatic rings. The van der Waals surface area contributed by atoms with Crippen LogP contribution in [0.25, 0.3) is 0 Å². The number of hydrogen-bond acceptors (Lipinski definition) is 3. The Hall–Kier alpha value is -1.03. The molecule has 0 spiro atoms. The van der Waals surface area contributed by atoms with E-state index in [1.807, 2.05) is 13.0 Å². The smallest absolute Gasteiger partial charge is 0.171 e. The molecule has 16 heavy (non-hydrogen) atoms. The molecule has 0 fully saturated rings. The third kappa shape index (κ3) is 1.71. The van der Waals surface area contributed by atoms with E-state index in [1.54, 1.807) is 7.11 Å². The lowest BCUT2D eigenvalue weighted by molar-refractivity contribution is 0.0991. The summed E-state index contributed by atoms with van der Waals surface area (Å²) in [5, 5.41) is 0. The van der Waals surface area contributed by atoms with Gasteiger partial charge in [-0.05, 0) is 25.0 Å². The number of carbonyl (C=O) groups excluding carboxylic acids is 1. The highest BCUT2D eigenvalue weighted by molar-refractivity contribution is 9.10. The Balaban J connectivity index is 2.62. The van der Waals surface area contributed by atoms with Crippen molar-refractivity contribution in [2.45, 2.75) is 19.8 Å². The standard InChI is InChI=1S/C12H13BrO3/c1-3-16-10-6-8(13)7-4-5-9(14)11(7)12(10)15-2/h6H,3-5H2,1-2H3. The first kappa shape index (κ1) is 11.5. The van der Waals surface area contributed by atoms with Crippen LogP contribution in [0.5, 0.6) is 11.5 Å². The number of fused-ring (bicyclic) bond motifs is 1. The maximum Gasteiger partial charge on any atom is 0.171 e. The lowest BCUT2D eigenvalue weighted by atomic mass is 10.1. The van der Waals surface area contributed by atoms with Crippen molar-refractivity contribution >= 4 is 21.7 Å². The first-order chi connectivity index (χ1) is 7.69. The number of ether oxygens (including phenoxy) is 2. The number of halogens is 1. The molecule has 0 amide bonds. The Morgan fingerprint density at radius 1 is 1.44 bits per heavy atom. The van der Waals surface area contributed by atoms with E-state index >= 15 is 0 Å². The molecule has 2 rings (SSSR count). The highest BCUT2D eigenvalue weighted by atomic mass is 79.9. The topological polar surface area (TPSA) is 35.5 Å². The van der Waals surface area contributed by atoms with E-state index in [4.69, 9.17) is 9.47 Å². The Morgan fingerprint density at radius 2 is 2.19 bits per heavy atom. The Bertz CT molecular complexity index is 440. The third-order valence-corrected chi connectivity index (χ3v) is 3.39. The van der Waals surface area contributed by atoms with E-state index in [9.17, 15) is 4.79 Å². The van der Waals surface area contributed by atoms with Crippen molar-refractivity contribution in [2.24, 2.45) is 0 Å². The number of Topliss-reactive ketones (excluding diaryl/α,β-unsaturated/α-hetero) is 1. The van der Waals surface area contributed by atoms with Crippen molar-refractivity contribution in [3.8, 4) is 11.5 Å². The third-order valence-electron chi connectivity index (χ3n) is 2.68. The number of benzene rings is 1. The largest absolute Gasteiger partial charge is 0.492 e. The van der Waals surface area contributed by atoms with Gasteiger partial charge in [-0.3, -0.25) is 4.79 Å². The molecule has 0 N–H and O–H groups in total. The lowest BCUT2D eigenvalue weighted by Crippen LogP contribution is -2.02. The van der Waals surface area contributed by atoms with Gasteiger partial charge >= 0.3 is 0 Å². The van der Waals surface area contributed by atoms with Crippen molar-refractivity contribution in [1.29, 1.82) is 0 Å². The van der Waals surface area contributed by atoms with Crippen LogP contribution in [0, 0.1) is 0 Å². The molecule has 1 aliphatic carbocycles. The fourth-order valence-corrected chi connectivity index (χ4v) is 2.62. The van der Waals surface area contributed by atoms with Crippen LogP contribution in [0.4, 0.5) is 0 Å². The minimum atomic E-state index is 0.133. The highest BCUT2D eigenvalue weighted by Crippen LogP contribution is 2.42. The average Bonchev–Trinajstić information content (AvgIpc) is 2.63. The molecule has 0 saturated heterocycles. The molecule has 0 bridgehead atoms. The van der Waals surface area contributed by atoms with Gasteiger partial charge in [-0.1, -0.05) is 15.9 Å². The van der Waals surface area contributed by atoms with E-state index < -0.39 is 0 Å². The molecule has 1 aliphatic rings. The molecular weight excluding hydrogens is 272 g/mol. The molecule has 86 valence electrons. The molecule has 0 atom stereocenters. The Morgan fingerprint density at radius 3 is 2.81 bits per heavy atom. The normalized spacial score (nSPS) is 13.8. The van der Waals surface area contributed by atoms with Gasteiger partial charge in [0, 0.05) is 10.9 Å². The minimum Gasteiger partial charge on any atom is -0.492 e. The van der Waals surface area contributed by atoms with Crippen LogP contribution in [0.2, 0.25) is 0 Å². The summed E-state index contributed by atoms with van der Waals surface area (Å²) in [5.41, 5.74) is 1.71. The quantitative estimate of drug-likeness (QED) is 0.856. The average molecular weight is 285 g/mol. The number of ketones is 1. The summed E-state index contributed by atoms with van der Waals surface area (Å²) < 4.78 is 11.7. The van der Waals surface area contributed by atoms with E-state index in [-0.39, 0.29) is 5.78 Å². The van der Waals surface area contributed by atoms with Gasteiger partial charge in [-0.15, -0.1) is 0 Å². The first-order valence-corrected chi connectivity index (χ1v) is 6.03. The molecule has 0 unspecified atom stereocenters. The highest BCUT2D eigenvalue weighted by Gasteiger charge is 2.28. The number of rotatable bonds is 3. The molecule has 1 aromatic carbocycles. The van der Waals surface area contributed by atoms with Crippen LogP contribution in [0.1, 0.15) is 29.3 Å². The summed E-state index contributed by atoms with van der Waals surface area (Å²) >= 11 is 3.47. The number of carbonyl (C=O) groups is 1. The summed E-state index contributed by atoms with van der Waals surface area (Å²) in [4.78, 5) is 11.8. The summed E-state index contributed by atoms with van der Waals surface area (Å²) in [6.45, 7) is 2.46. The molecule has 3 nitrogen and oxygen atoms in total. The van der Waals surface area contributed by atoms with Gasteiger partial charge < -0.3 is 9.47 Å². The van der Waals surface area contributed by atoms with Crippen molar-refractivity contribution in [3.63, 3.8) is 0 Å². The molecule has 0 heterocycles. The molecule has 0 aliphatic heterocycles. The van der Waals surface area contributed by atoms with Gasteiger partial charge in [-0.25, -0.2) is 0 Å². The van der Waals surface area contributed by atoms with Crippen molar-refractivity contribution < 1.29 is 14.3 Å². The lowest BCUT2D eigenvalue weighted by Gasteiger charge is -2.14. The van der Waals surface area contributed by atoms with Crippen molar-refractivity contribution in [2.75, 3.05) is 13.7 Å². The second-order valence-corrected chi connectivity index (χ2v) is 4.45. The van der Waals surface area contributed by atoms with E-state index in [2.05, 4.69) is 15.9 Å². The fourth-order valence-electron chi connectivity index (χ4n) is 2.02. The van der Waals surface area contributed by atoms with E-state index in [0.29, 0.717) is 30.1 Å². The predicted molar refractivity (Wildman–Crippen MR) is 64.5 cm³/mol. The molecule has 0 radical (unpaired) electrons. The van der Waals surface area contributed by atoms with Gasteiger partial charge in [0.05, 0.1) is 19.3 Å². The second-order valence-electron chi connectivity index (χ2n) is 3.60. The van der Waals surface area contributed by atoms with Crippen LogP contribution in [-0.4, -0.2) is 19.5 Å². The van der Waals surface area contributed by atoms with Gasteiger partial charge in [0.2, 0.25) is 0 Å².